The van der Waals surface area contributed by atoms with E-state index in [1.807, 2.05) is 20.8 Å². The first-order chi connectivity index (χ1) is 9.16. The van der Waals surface area contributed by atoms with Gasteiger partial charge in [0, 0.05) is 6.42 Å². The van der Waals surface area contributed by atoms with Crippen LogP contribution in [0.4, 0.5) is 4.39 Å². The predicted octanol–water partition coefficient (Wildman–Crippen LogP) is 1.82. The number of nitrogens with zero attached hydrogens (tertiary/aromatic N) is 3. The van der Waals surface area contributed by atoms with Gasteiger partial charge in [-0.1, -0.05) is 0 Å². The van der Waals surface area contributed by atoms with Gasteiger partial charge in [0.15, 0.2) is 6.10 Å². The summed E-state index contributed by atoms with van der Waals surface area (Å²) in [6, 6.07) is 0. The Kier molecular flexibility index (Phi) is 5.13. The number of ether oxygens (including phenoxy) is 1. The maximum absolute atomic E-state index is 13.7. The molecule has 8 heteroatoms. The zero-order valence-electron chi connectivity index (χ0n) is 12.5. The second kappa shape index (κ2) is 6.23. The van der Waals surface area contributed by atoms with E-state index >= 15 is 0 Å². The summed E-state index contributed by atoms with van der Waals surface area (Å²) in [5.41, 5.74) is -0.437. The first-order valence-electron chi connectivity index (χ1n) is 6.46. The molecule has 0 heterocycles. The third-order valence-electron chi connectivity index (χ3n) is 3.44. The van der Waals surface area contributed by atoms with E-state index in [0.29, 0.717) is 0 Å². The van der Waals surface area contributed by atoms with E-state index in [2.05, 4.69) is 10.0 Å². The lowest BCUT2D eigenvalue weighted by Crippen LogP contribution is -2.42. The molecule has 0 radical (unpaired) electrons. The van der Waals surface area contributed by atoms with Crippen molar-refractivity contribution in [1.29, 1.82) is 0 Å². The van der Waals surface area contributed by atoms with E-state index in [9.17, 15) is 14.4 Å². The standard InChI is InChI=1S/C12H22FN3O4/c1-12(2,3)15(4)16(18)14-20-10-7-8(6-9(10)13)11(17)19-5/h8-10H,6-7H2,1-5H3/b16-14-. The van der Waals surface area contributed by atoms with Crippen molar-refractivity contribution in [2.24, 2.45) is 11.2 Å². The van der Waals surface area contributed by atoms with E-state index in [-0.39, 0.29) is 17.8 Å². The summed E-state index contributed by atoms with van der Waals surface area (Å²) in [6.45, 7) is 5.48. The van der Waals surface area contributed by atoms with Crippen molar-refractivity contribution in [2.75, 3.05) is 14.2 Å². The second-order valence-corrected chi connectivity index (χ2v) is 5.88. The maximum atomic E-state index is 13.7. The second-order valence-electron chi connectivity index (χ2n) is 5.88. The minimum atomic E-state index is -1.34. The molecule has 0 aromatic carbocycles. The van der Waals surface area contributed by atoms with Crippen LogP contribution in [0.3, 0.4) is 0 Å². The molecule has 0 aromatic heterocycles. The normalized spacial score (nSPS) is 27.3. The largest absolute Gasteiger partial charge is 0.569 e. The summed E-state index contributed by atoms with van der Waals surface area (Å²) in [5.74, 6) is -1.01. The Morgan fingerprint density at radius 3 is 2.55 bits per heavy atom. The van der Waals surface area contributed by atoms with Crippen LogP contribution in [0.15, 0.2) is 5.28 Å². The SMILES string of the molecule is COC(=O)C1CC(F)C(O/N=[N+](\[O-])N(C)C(C)(C)C)C1. The summed E-state index contributed by atoms with van der Waals surface area (Å²) in [6.07, 6.45) is -2.05. The molecule has 0 amide bonds. The average molecular weight is 291 g/mol. The van der Waals surface area contributed by atoms with Gasteiger partial charge in [0.1, 0.15) is 6.17 Å². The van der Waals surface area contributed by atoms with Gasteiger partial charge in [-0.15, -0.1) is 5.01 Å². The van der Waals surface area contributed by atoms with Crippen LogP contribution in [0.5, 0.6) is 0 Å². The number of alkyl halides is 1. The minimum Gasteiger partial charge on any atom is -0.569 e. The lowest BCUT2D eigenvalue weighted by Gasteiger charge is -2.26. The van der Waals surface area contributed by atoms with E-state index in [4.69, 9.17) is 4.84 Å². The quantitative estimate of drug-likeness (QED) is 0.342. The Hall–Kier alpha value is -1.60. The highest BCUT2D eigenvalue weighted by Crippen LogP contribution is 2.31. The Morgan fingerprint density at radius 2 is 2.05 bits per heavy atom. The molecular weight excluding hydrogens is 269 g/mol. The van der Waals surface area contributed by atoms with Crippen LogP contribution < -0.4 is 0 Å². The van der Waals surface area contributed by atoms with Gasteiger partial charge in [0.25, 0.3) is 0 Å². The van der Waals surface area contributed by atoms with Crippen molar-refractivity contribution in [3.8, 4) is 0 Å². The fourth-order valence-electron chi connectivity index (χ4n) is 1.83. The summed E-state index contributed by atoms with van der Waals surface area (Å²) < 4.78 is 18.3. The Labute approximate surface area is 117 Å². The lowest BCUT2D eigenvalue weighted by atomic mass is 10.1. The zero-order chi connectivity index (χ0) is 15.5. The van der Waals surface area contributed by atoms with Crippen LogP contribution in [0, 0.1) is 11.1 Å². The maximum Gasteiger partial charge on any atom is 0.308 e. The van der Waals surface area contributed by atoms with Crippen LogP contribution in [0.25, 0.3) is 0 Å². The van der Waals surface area contributed by atoms with E-state index in [1.165, 1.54) is 12.1 Å². The van der Waals surface area contributed by atoms with Crippen LogP contribution in [-0.2, 0) is 14.4 Å². The number of hydrogen-bond acceptors (Lipinski definition) is 5. The van der Waals surface area contributed by atoms with Crippen molar-refractivity contribution in [2.45, 2.75) is 51.4 Å². The van der Waals surface area contributed by atoms with E-state index in [1.54, 1.807) is 7.05 Å². The molecule has 1 aliphatic rings. The molecule has 1 rings (SSSR count). The minimum absolute atomic E-state index is 0.0286. The van der Waals surface area contributed by atoms with Crippen LogP contribution in [0.1, 0.15) is 33.6 Å². The summed E-state index contributed by atoms with van der Waals surface area (Å²) in [5, 5.41) is 16.3. The van der Waals surface area contributed by atoms with Gasteiger partial charge >= 0.3 is 5.97 Å². The lowest BCUT2D eigenvalue weighted by molar-refractivity contribution is -0.720. The first kappa shape index (κ1) is 16.5. The van der Waals surface area contributed by atoms with Crippen molar-refractivity contribution in [1.82, 2.24) is 5.01 Å². The molecule has 7 nitrogen and oxygen atoms in total. The highest BCUT2D eigenvalue weighted by molar-refractivity contribution is 5.72. The molecule has 0 bridgehead atoms. The fraction of sp³-hybridized carbons (Fsp3) is 0.917. The van der Waals surface area contributed by atoms with Crippen molar-refractivity contribution >= 4 is 5.97 Å². The highest BCUT2D eigenvalue weighted by Gasteiger charge is 2.41. The molecule has 0 spiro atoms. The van der Waals surface area contributed by atoms with Crippen LogP contribution >= 0.6 is 0 Å². The monoisotopic (exact) mass is 291 g/mol. The molecule has 1 fully saturated rings. The van der Waals surface area contributed by atoms with Gasteiger partial charge in [0.05, 0.1) is 30.6 Å². The number of esters is 1. The molecule has 3 atom stereocenters. The molecule has 116 valence electrons. The number of methoxy groups -OCH3 is 1. The third-order valence-corrected chi connectivity index (χ3v) is 3.44. The molecule has 1 aliphatic carbocycles. The molecule has 0 aromatic rings. The van der Waals surface area contributed by atoms with E-state index < -0.39 is 29.7 Å². The molecule has 0 N–H and O–H groups in total. The Morgan fingerprint density at radius 1 is 1.45 bits per heavy atom. The van der Waals surface area contributed by atoms with Gasteiger partial charge in [-0.05, 0) is 27.2 Å². The van der Waals surface area contributed by atoms with Crippen molar-refractivity contribution in [3.05, 3.63) is 5.21 Å². The molecule has 0 aliphatic heterocycles. The predicted molar refractivity (Wildman–Crippen MR) is 68.1 cm³/mol. The molecular formula is C12H22FN3O4. The molecule has 0 saturated heterocycles. The number of carbonyl (C=O) groups is 1. The average Bonchev–Trinajstić information content (AvgIpc) is 2.74. The fourth-order valence-corrected chi connectivity index (χ4v) is 1.83. The van der Waals surface area contributed by atoms with Crippen molar-refractivity contribution < 1.29 is 23.7 Å². The first-order valence-corrected chi connectivity index (χ1v) is 6.46. The van der Waals surface area contributed by atoms with E-state index in [0.717, 1.165) is 0 Å². The number of carbonyl (C=O) groups excluding carboxylic acids is 1. The number of hydrazine groups is 1. The topological polar surface area (TPSA) is 77.2 Å². The summed E-state index contributed by atoms with van der Waals surface area (Å²) >= 11 is 0. The summed E-state index contributed by atoms with van der Waals surface area (Å²) in [7, 11) is 2.81. The molecule has 20 heavy (non-hydrogen) atoms. The van der Waals surface area contributed by atoms with Crippen LogP contribution in [-0.4, -0.2) is 47.9 Å². The van der Waals surface area contributed by atoms with Gasteiger partial charge in [0.2, 0.25) is 5.28 Å². The smallest absolute Gasteiger partial charge is 0.308 e. The zero-order valence-corrected chi connectivity index (χ0v) is 12.5. The molecule has 3 unspecified atom stereocenters. The number of halogens is 1. The Bertz CT molecular complexity index is 383. The van der Waals surface area contributed by atoms with Gasteiger partial charge in [-0.25, -0.2) is 4.39 Å². The van der Waals surface area contributed by atoms with Crippen molar-refractivity contribution in [3.63, 3.8) is 0 Å². The van der Waals surface area contributed by atoms with Crippen LogP contribution in [0.2, 0.25) is 0 Å². The van der Waals surface area contributed by atoms with Gasteiger partial charge < -0.3 is 14.8 Å². The Balaban J connectivity index is 2.59. The van der Waals surface area contributed by atoms with Gasteiger partial charge in [-0.2, -0.15) is 0 Å². The summed E-state index contributed by atoms with van der Waals surface area (Å²) in [4.78, 5) is 16.5. The van der Waals surface area contributed by atoms with Gasteiger partial charge in [-0.3, -0.25) is 4.79 Å². The molecule has 1 saturated carbocycles. The third kappa shape index (κ3) is 3.94. The number of rotatable bonds is 4. The highest BCUT2D eigenvalue weighted by atomic mass is 19.1. The number of hydrogen-bond donors (Lipinski definition) is 0.